The molecule has 0 amide bonds. The Morgan fingerprint density at radius 2 is 1.53 bits per heavy atom. The number of carbonyl (C=O) groups is 2. The van der Waals surface area contributed by atoms with Crippen LogP contribution in [0.4, 0.5) is 0 Å². The maximum atomic E-state index is 9.00. The van der Waals surface area contributed by atoms with Crippen molar-refractivity contribution in [3.8, 4) is 0 Å². The molecule has 1 heterocycles. The van der Waals surface area contributed by atoms with Crippen molar-refractivity contribution < 1.29 is 19.8 Å². The largest absolute Gasteiger partial charge is 0.481 e. The third kappa shape index (κ3) is 25.1. The van der Waals surface area contributed by atoms with E-state index in [0.717, 1.165) is 27.1 Å². The Morgan fingerprint density at radius 1 is 1.18 bits per heavy atom. The van der Waals surface area contributed by atoms with E-state index in [1.807, 2.05) is 0 Å². The molecule has 0 aromatic rings. The molecule has 2 N–H and O–H groups in total. The molecule has 0 fully saturated rings. The molecular formula is C10H21ClN2O4. The molecule has 7 heteroatoms. The Hall–Kier alpha value is -1.43. The minimum Gasteiger partial charge on any atom is -0.481 e. The second kappa shape index (κ2) is 12.6. The molecule has 0 unspecified atom stereocenters. The van der Waals surface area contributed by atoms with Gasteiger partial charge < -0.3 is 20.0 Å². The summed E-state index contributed by atoms with van der Waals surface area (Å²) in [7, 11) is 2.08. The van der Waals surface area contributed by atoms with E-state index < -0.39 is 11.9 Å². The molecule has 0 saturated heterocycles. The van der Waals surface area contributed by atoms with Crippen LogP contribution < -0.4 is 0 Å². The van der Waals surface area contributed by atoms with Gasteiger partial charge in [-0.3, -0.25) is 9.59 Å². The molecule has 1 aliphatic rings. The number of carboxylic acids is 2. The summed E-state index contributed by atoms with van der Waals surface area (Å²) in [6, 6.07) is 0. The summed E-state index contributed by atoms with van der Waals surface area (Å²) in [6.45, 7) is 6.49. The third-order valence-corrected chi connectivity index (χ3v) is 1.34. The lowest BCUT2D eigenvalue weighted by atomic mass is 10.6. The van der Waals surface area contributed by atoms with Gasteiger partial charge in [-0.05, 0) is 6.92 Å². The first-order chi connectivity index (χ1) is 7.29. The van der Waals surface area contributed by atoms with Crippen LogP contribution in [0.2, 0.25) is 0 Å². The quantitative estimate of drug-likeness (QED) is 0.746. The van der Waals surface area contributed by atoms with Gasteiger partial charge in [-0.25, -0.2) is 0 Å². The van der Waals surface area contributed by atoms with E-state index in [4.69, 9.17) is 19.8 Å². The van der Waals surface area contributed by atoms with Crippen molar-refractivity contribution in [3.63, 3.8) is 0 Å². The molecule has 17 heavy (non-hydrogen) atoms. The average Bonchev–Trinajstić information content (AvgIpc) is 2.49. The number of halogens is 1. The standard InChI is InChI=1S/C6H12N2.2C2H4O2.ClH/c1-3-8-5-4-7(2)6-8;2*1-2(3)4;/h4-5H,3,6H2,1-2H3;2*1H3,(H,3,4);1H. The maximum Gasteiger partial charge on any atom is 0.300 e. The van der Waals surface area contributed by atoms with Crippen LogP contribution in [0.25, 0.3) is 0 Å². The van der Waals surface area contributed by atoms with E-state index in [2.05, 4.69) is 36.2 Å². The van der Waals surface area contributed by atoms with Crippen LogP contribution in [0, 0.1) is 0 Å². The Labute approximate surface area is 108 Å². The monoisotopic (exact) mass is 268 g/mol. The fourth-order valence-corrected chi connectivity index (χ4v) is 0.794. The van der Waals surface area contributed by atoms with E-state index in [1.165, 1.54) is 0 Å². The molecule has 0 aromatic carbocycles. The van der Waals surface area contributed by atoms with E-state index in [9.17, 15) is 0 Å². The topological polar surface area (TPSA) is 81.1 Å². The second-order valence-electron chi connectivity index (χ2n) is 3.14. The highest BCUT2D eigenvalue weighted by atomic mass is 35.5. The smallest absolute Gasteiger partial charge is 0.300 e. The van der Waals surface area contributed by atoms with Gasteiger partial charge in [-0.15, -0.1) is 12.4 Å². The van der Waals surface area contributed by atoms with Gasteiger partial charge in [0.15, 0.2) is 0 Å². The maximum absolute atomic E-state index is 9.00. The zero-order valence-electron chi connectivity index (χ0n) is 10.6. The van der Waals surface area contributed by atoms with Crippen LogP contribution in [0.3, 0.4) is 0 Å². The van der Waals surface area contributed by atoms with Crippen LogP contribution in [0.1, 0.15) is 20.8 Å². The number of carboxylic acid groups (broad SMARTS) is 2. The summed E-state index contributed by atoms with van der Waals surface area (Å²) in [5.74, 6) is -1.67. The van der Waals surface area contributed by atoms with Gasteiger partial charge in [-0.1, -0.05) is 0 Å². The fraction of sp³-hybridized carbons (Fsp3) is 0.600. The molecule has 0 aromatic heterocycles. The number of nitrogens with zero attached hydrogens (tertiary/aromatic N) is 2. The summed E-state index contributed by atoms with van der Waals surface area (Å²) < 4.78 is 0. The first-order valence-electron chi connectivity index (χ1n) is 4.81. The Balaban J connectivity index is -0.000000189. The molecule has 0 spiro atoms. The number of aliphatic carboxylic acids is 2. The SMILES string of the molecule is CC(=O)O.CC(=O)O.CCN1C=CN(C)C1.Cl. The molecule has 0 saturated carbocycles. The molecule has 1 rings (SSSR count). The van der Waals surface area contributed by atoms with Gasteiger partial charge in [0.2, 0.25) is 0 Å². The lowest BCUT2D eigenvalue weighted by Gasteiger charge is -2.14. The highest BCUT2D eigenvalue weighted by Crippen LogP contribution is 2.00. The lowest BCUT2D eigenvalue weighted by Crippen LogP contribution is -2.21. The van der Waals surface area contributed by atoms with Crippen molar-refractivity contribution in [3.05, 3.63) is 12.4 Å². The highest BCUT2D eigenvalue weighted by molar-refractivity contribution is 5.85. The van der Waals surface area contributed by atoms with Crippen molar-refractivity contribution in [2.45, 2.75) is 20.8 Å². The van der Waals surface area contributed by atoms with Gasteiger partial charge in [0.1, 0.15) is 0 Å². The minimum atomic E-state index is -0.833. The molecule has 0 atom stereocenters. The average molecular weight is 269 g/mol. The lowest BCUT2D eigenvalue weighted by molar-refractivity contribution is -0.135. The number of hydrogen-bond donors (Lipinski definition) is 2. The van der Waals surface area contributed by atoms with Crippen molar-refractivity contribution in [1.82, 2.24) is 9.80 Å². The van der Waals surface area contributed by atoms with Gasteiger partial charge >= 0.3 is 0 Å². The normalized spacial score (nSPS) is 11.5. The number of rotatable bonds is 1. The Kier molecular flexibility index (Phi) is 15.6. The molecule has 0 bridgehead atoms. The predicted molar refractivity (Wildman–Crippen MR) is 68.0 cm³/mol. The van der Waals surface area contributed by atoms with Crippen LogP contribution in [0.15, 0.2) is 12.4 Å². The molecule has 0 radical (unpaired) electrons. The van der Waals surface area contributed by atoms with Gasteiger partial charge in [-0.2, -0.15) is 0 Å². The zero-order valence-corrected chi connectivity index (χ0v) is 11.4. The van der Waals surface area contributed by atoms with Crippen LogP contribution >= 0.6 is 12.4 Å². The minimum absolute atomic E-state index is 0. The van der Waals surface area contributed by atoms with Gasteiger partial charge in [0.25, 0.3) is 11.9 Å². The summed E-state index contributed by atoms with van der Waals surface area (Å²) in [5, 5.41) is 14.8. The predicted octanol–water partition coefficient (Wildman–Crippen LogP) is 1.29. The Morgan fingerprint density at radius 3 is 1.65 bits per heavy atom. The zero-order chi connectivity index (χ0) is 13.1. The molecule has 102 valence electrons. The molecule has 6 nitrogen and oxygen atoms in total. The van der Waals surface area contributed by atoms with Crippen LogP contribution in [-0.2, 0) is 9.59 Å². The van der Waals surface area contributed by atoms with E-state index in [0.29, 0.717) is 0 Å². The van der Waals surface area contributed by atoms with E-state index in [-0.39, 0.29) is 12.4 Å². The highest BCUT2D eigenvalue weighted by Gasteiger charge is 2.03. The van der Waals surface area contributed by atoms with Crippen molar-refractivity contribution in [2.75, 3.05) is 20.3 Å². The van der Waals surface area contributed by atoms with Crippen LogP contribution in [-0.4, -0.2) is 52.2 Å². The number of hydrogen-bond acceptors (Lipinski definition) is 4. The third-order valence-electron chi connectivity index (χ3n) is 1.34. The van der Waals surface area contributed by atoms with Crippen LogP contribution in [0.5, 0.6) is 0 Å². The van der Waals surface area contributed by atoms with Crippen molar-refractivity contribution in [2.24, 2.45) is 0 Å². The molecule has 1 aliphatic heterocycles. The van der Waals surface area contributed by atoms with Crippen molar-refractivity contribution in [1.29, 1.82) is 0 Å². The second-order valence-corrected chi connectivity index (χ2v) is 3.14. The molecular weight excluding hydrogens is 248 g/mol. The fourth-order valence-electron chi connectivity index (χ4n) is 0.794. The summed E-state index contributed by atoms with van der Waals surface area (Å²) in [5.41, 5.74) is 0. The van der Waals surface area contributed by atoms with E-state index in [1.54, 1.807) is 0 Å². The Bertz CT molecular complexity index is 226. The summed E-state index contributed by atoms with van der Waals surface area (Å²) >= 11 is 0. The van der Waals surface area contributed by atoms with Gasteiger partial charge in [0.05, 0.1) is 6.67 Å². The van der Waals surface area contributed by atoms with Crippen molar-refractivity contribution >= 4 is 24.3 Å². The summed E-state index contributed by atoms with van der Waals surface area (Å²) in [4.78, 5) is 22.4. The van der Waals surface area contributed by atoms with Gasteiger partial charge in [0, 0.05) is 39.8 Å². The molecule has 0 aliphatic carbocycles. The summed E-state index contributed by atoms with van der Waals surface area (Å²) in [6.07, 6.45) is 4.20. The first kappa shape index (κ1) is 20.9. The van der Waals surface area contributed by atoms with E-state index >= 15 is 0 Å². The first-order valence-corrected chi connectivity index (χ1v) is 4.81.